The van der Waals surface area contributed by atoms with Gasteiger partial charge in [-0.15, -0.1) is 0 Å². The Morgan fingerprint density at radius 3 is 2.49 bits per heavy atom. The molecule has 8 nitrogen and oxygen atoms in total. The molecule has 3 aromatic heterocycles. The van der Waals surface area contributed by atoms with Crippen molar-refractivity contribution < 1.29 is 14.6 Å². The fraction of sp³-hybridized carbons (Fsp3) is 0.138. The normalized spacial score (nSPS) is 11.8. The molecular formula is C29H27N5O3. The highest BCUT2D eigenvalue weighted by molar-refractivity contribution is 5.98. The van der Waals surface area contributed by atoms with Crippen molar-refractivity contribution in [2.45, 2.75) is 18.9 Å². The summed E-state index contributed by atoms with van der Waals surface area (Å²) >= 11 is 0. The Morgan fingerprint density at radius 1 is 0.973 bits per heavy atom. The predicted molar refractivity (Wildman–Crippen MR) is 142 cm³/mol. The zero-order valence-electron chi connectivity index (χ0n) is 20.1. The van der Waals surface area contributed by atoms with Crippen molar-refractivity contribution in [3.63, 3.8) is 0 Å². The lowest BCUT2D eigenvalue weighted by atomic mass is 10.0. The Kier molecular flexibility index (Phi) is 7.09. The molecule has 8 heteroatoms. The molecule has 5 N–H and O–H groups in total. The molecule has 3 heterocycles. The van der Waals surface area contributed by atoms with Gasteiger partial charge >= 0.3 is 0 Å². The maximum atomic E-state index is 12.4. The lowest BCUT2D eigenvalue weighted by molar-refractivity contribution is -0.122. The smallest absolute Gasteiger partial charge is 0.237 e. The van der Waals surface area contributed by atoms with Gasteiger partial charge in [0.15, 0.2) is 0 Å². The largest absolute Gasteiger partial charge is 0.508 e. The van der Waals surface area contributed by atoms with Crippen LogP contribution in [-0.2, 0) is 17.6 Å². The Morgan fingerprint density at radius 2 is 1.73 bits per heavy atom. The lowest BCUT2D eigenvalue weighted by Crippen LogP contribution is -2.42. The van der Waals surface area contributed by atoms with E-state index in [0.717, 1.165) is 34.1 Å². The Bertz CT molecular complexity index is 1480. The number of aromatic nitrogens is 3. The van der Waals surface area contributed by atoms with E-state index < -0.39 is 6.04 Å². The number of benzene rings is 2. The number of H-pyrrole nitrogens is 1. The zero-order valence-corrected chi connectivity index (χ0v) is 20.1. The van der Waals surface area contributed by atoms with E-state index in [9.17, 15) is 9.90 Å². The summed E-state index contributed by atoms with van der Waals surface area (Å²) in [7, 11) is 0. The molecule has 0 saturated carbocycles. The molecule has 0 spiro atoms. The topological polar surface area (TPSA) is 126 Å². The molecule has 1 amide bonds. The zero-order chi connectivity index (χ0) is 25.6. The highest BCUT2D eigenvalue weighted by Crippen LogP contribution is 2.37. The molecule has 0 bridgehead atoms. The van der Waals surface area contributed by atoms with Crippen LogP contribution in [0.4, 0.5) is 0 Å². The van der Waals surface area contributed by atoms with Gasteiger partial charge in [-0.25, -0.2) is 4.98 Å². The average Bonchev–Trinajstić information content (AvgIpc) is 3.36. The van der Waals surface area contributed by atoms with Crippen LogP contribution in [0.5, 0.6) is 17.2 Å². The summed E-state index contributed by atoms with van der Waals surface area (Å²) in [5, 5.41) is 13.4. The van der Waals surface area contributed by atoms with Gasteiger partial charge in [-0.05, 0) is 72.0 Å². The fourth-order valence-corrected chi connectivity index (χ4v) is 4.16. The molecule has 0 aliphatic carbocycles. The van der Waals surface area contributed by atoms with E-state index in [1.54, 1.807) is 30.7 Å². The highest BCUT2D eigenvalue weighted by atomic mass is 16.5. The van der Waals surface area contributed by atoms with Crippen LogP contribution in [0.15, 0.2) is 91.5 Å². The summed E-state index contributed by atoms with van der Waals surface area (Å²) in [5.41, 5.74) is 10.8. The van der Waals surface area contributed by atoms with E-state index in [0.29, 0.717) is 30.1 Å². The van der Waals surface area contributed by atoms with E-state index in [1.807, 2.05) is 60.8 Å². The van der Waals surface area contributed by atoms with Gasteiger partial charge in [0.05, 0.1) is 11.4 Å². The van der Waals surface area contributed by atoms with Crippen LogP contribution in [0.1, 0.15) is 11.1 Å². The minimum Gasteiger partial charge on any atom is -0.508 e. The molecule has 0 radical (unpaired) electrons. The summed E-state index contributed by atoms with van der Waals surface area (Å²) in [6.07, 6.45) is 8.19. The van der Waals surface area contributed by atoms with Gasteiger partial charge in [0.25, 0.3) is 0 Å². The van der Waals surface area contributed by atoms with Crippen molar-refractivity contribution in [3.05, 3.63) is 103 Å². The number of carbonyl (C=O) groups excluding carboxylic acids is 1. The van der Waals surface area contributed by atoms with Crippen LogP contribution in [0.3, 0.4) is 0 Å². The van der Waals surface area contributed by atoms with Gasteiger partial charge in [-0.2, -0.15) is 0 Å². The van der Waals surface area contributed by atoms with E-state index in [-0.39, 0.29) is 11.7 Å². The minimum atomic E-state index is -0.642. The number of rotatable bonds is 9. The first-order valence-electron chi connectivity index (χ1n) is 12.0. The number of nitrogens with one attached hydrogen (secondary N) is 2. The first kappa shape index (κ1) is 24.0. The number of phenols is 1. The number of amides is 1. The van der Waals surface area contributed by atoms with Gasteiger partial charge < -0.3 is 25.9 Å². The van der Waals surface area contributed by atoms with Gasteiger partial charge in [0.2, 0.25) is 5.91 Å². The summed E-state index contributed by atoms with van der Waals surface area (Å²) in [5.74, 6) is 1.35. The van der Waals surface area contributed by atoms with Crippen molar-refractivity contribution in [1.29, 1.82) is 0 Å². The molecule has 0 saturated heterocycles. The number of carbonyl (C=O) groups is 1. The van der Waals surface area contributed by atoms with Crippen molar-refractivity contribution in [2.24, 2.45) is 5.73 Å². The fourth-order valence-electron chi connectivity index (χ4n) is 4.16. The lowest BCUT2D eigenvalue weighted by Gasteiger charge is -2.13. The molecule has 0 aliphatic rings. The number of pyridine rings is 2. The third kappa shape index (κ3) is 5.76. The Balaban J connectivity index is 1.23. The molecule has 186 valence electrons. The maximum Gasteiger partial charge on any atom is 0.237 e. The second-order valence-corrected chi connectivity index (χ2v) is 8.74. The Hall–Kier alpha value is -4.69. The number of phenolic OH excluding ortho intramolecular Hbond substituents is 1. The molecule has 5 aromatic rings. The van der Waals surface area contributed by atoms with Crippen LogP contribution in [0.2, 0.25) is 0 Å². The molecule has 1 atom stereocenters. The van der Waals surface area contributed by atoms with E-state index in [1.165, 1.54) is 0 Å². The molecule has 1 unspecified atom stereocenters. The predicted octanol–water partition coefficient (Wildman–Crippen LogP) is 4.35. The van der Waals surface area contributed by atoms with Crippen molar-refractivity contribution in [1.82, 2.24) is 20.3 Å². The summed E-state index contributed by atoms with van der Waals surface area (Å²) in [6, 6.07) is 19.6. The van der Waals surface area contributed by atoms with E-state index in [2.05, 4.69) is 20.3 Å². The first-order chi connectivity index (χ1) is 18.1. The third-order valence-electron chi connectivity index (χ3n) is 6.12. The Labute approximate surface area is 214 Å². The van der Waals surface area contributed by atoms with Gasteiger partial charge in [0, 0.05) is 36.9 Å². The van der Waals surface area contributed by atoms with Crippen molar-refractivity contribution >= 4 is 16.9 Å². The van der Waals surface area contributed by atoms with Crippen molar-refractivity contribution in [3.8, 4) is 28.4 Å². The van der Waals surface area contributed by atoms with E-state index >= 15 is 0 Å². The number of aromatic hydroxyl groups is 1. The quantitative estimate of drug-likeness (QED) is 0.242. The molecule has 5 rings (SSSR count). The van der Waals surface area contributed by atoms with Crippen LogP contribution >= 0.6 is 0 Å². The second kappa shape index (κ2) is 10.9. The number of aromatic amines is 1. The van der Waals surface area contributed by atoms with Crippen LogP contribution < -0.4 is 15.8 Å². The molecule has 2 aromatic carbocycles. The number of nitrogens with zero attached hydrogens (tertiary/aromatic N) is 2. The number of hydrogen-bond acceptors (Lipinski definition) is 6. The number of ether oxygens (including phenoxy) is 1. The van der Waals surface area contributed by atoms with Crippen LogP contribution in [-0.4, -0.2) is 38.6 Å². The number of nitrogens with two attached hydrogens (primary N) is 1. The summed E-state index contributed by atoms with van der Waals surface area (Å²) in [4.78, 5) is 24.0. The standard InChI is InChI=1S/C29H27N5O3/c30-25(29(36)33-15-11-19-9-13-31-14-10-19)17-20-1-7-23(8-2-20)37-26-12-16-32-28-27(26)24(18-34-28)21-3-5-22(35)6-4-21/h1-10,12-14,16,18,25,35H,11,15,17,30H2,(H,32,34)(H,33,36). The molecular weight excluding hydrogens is 466 g/mol. The van der Waals surface area contributed by atoms with Crippen LogP contribution in [0, 0.1) is 0 Å². The monoisotopic (exact) mass is 493 g/mol. The summed E-state index contributed by atoms with van der Waals surface area (Å²) in [6.45, 7) is 0.523. The summed E-state index contributed by atoms with van der Waals surface area (Å²) < 4.78 is 6.21. The minimum absolute atomic E-state index is 0.178. The number of fused-ring (bicyclic) bond motifs is 1. The SMILES string of the molecule is NC(Cc1ccc(Oc2ccnc3[nH]cc(-c4ccc(O)cc4)c23)cc1)C(=O)NCCc1ccncc1. The first-order valence-corrected chi connectivity index (χ1v) is 12.0. The second-order valence-electron chi connectivity index (χ2n) is 8.74. The molecule has 37 heavy (non-hydrogen) atoms. The van der Waals surface area contributed by atoms with Crippen LogP contribution in [0.25, 0.3) is 22.2 Å². The highest BCUT2D eigenvalue weighted by Gasteiger charge is 2.15. The van der Waals surface area contributed by atoms with E-state index in [4.69, 9.17) is 10.5 Å². The van der Waals surface area contributed by atoms with Gasteiger partial charge in [-0.3, -0.25) is 9.78 Å². The molecule has 0 aliphatic heterocycles. The third-order valence-corrected chi connectivity index (χ3v) is 6.12. The maximum absolute atomic E-state index is 12.4. The van der Waals surface area contributed by atoms with Gasteiger partial charge in [0.1, 0.15) is 22.9 Å². The van der Waals surface area contributed by atoms with Crippen molar-refractivity contribution in [2.75, 3.05) is 6.54 Å². The molecule has 0 fully saturated rings. The number of hydrogen-bond donors (Lipinski definition) is 4. The average molecular weight is 494 g/mol. The van der Waals surface area contributed by atoms with Gasteiger partial charge in [-0.1, -0.05) is 24.3 Å².